The molecule has 29 heavy (non-hydrogen) atoms. The van der Waals surface area contributed by atoms with E-state index >= 15 is 0 Å². The molecule has 0 aliphatic carbocycles. The molecule has 2 aromatic rings. The van der Waals surface area contributed by atoms with Crippen molar-refractivity contribution in [3.05, 3.63) is 58.1 Å². The minimum absolute atomic E-state index is 0.180. The van der Waals surface area contributed by atoms with Crippen LogP contribution in [0.5, 0.6) is 0 Å². The maximum Gasteiger partial charge on any atom is 0.263 e. The fraction of sp³-hybridized carbons (Fsp3) is 0.250. The van der Waals surface area contributed by atoms with Gasteiger partial charge in [-0.05, 0) is 61.4 Å². The molecule has 2 aromatic carbocycles. The summed E-state index contributed by atoms with van der Waals surface area (Å²) in [6.45, 7) is 3.70. The highest BCUT2D eigenvalue weighted by Gasteiger charge is 2.55. The summed E-state index contributed by atoms with van der Waals surface area (Å²) in [6.07, 6.45) is 0. The molecule has 0 aromatic heterocycles. The van der Waals surface area contributed by atoms with Gasteiger partial charge in [0.1, 0.15) is 6.54 Å². The number of fused-ring (bicyclic) bond motifs is 1. The van der Waals surface area contributed by atoms with Crippen LogP contribution in [0.2, 0.25) is 0 Å². The molecule has 2 heterocycles. The zero-order chi connectivity index (χ0) is 20.7. The molecule has 4 rings (SSSR count). The maximum absolute atomic E-state index is 13.0. The summed E-state index contributed by atoms with van der Waals surface area (Å²) in [4.78, 5) is 39.3. The molecule has 1 saturated heterocycles. The van der Waals surface area contributed by atoms with E-state index in [1.54, 1.807) is 24.3 Å². The summed E-state index contributed by atoms with van der Waals surface area (Å²) in [5, 5.41) is 11.9. The monoisotopic (exact) mass is 455 g/mol. The van der Waals surface area contributed by atoms with E-state index in [1.807, 2.05) is 32.0 Å². The van der Waals surface area contributed by atoms with Crippen molar-refractivity contribution in [1.29, 1.82) is 0 Å². The maximum atomic E-state index is 13.0. The minimum Gasteiger partial charge on any atom is -0.324 e. The SMILES string of the molecule is Cc1ccc(N2C(=O)[C@H]3N=NN(CC(=O)Nc4ccc(Br)cc4)[C@H]3C2=O)cc1C. The number of imide groups is 1. The first-order chi connectivity index (χ1) is 13.8. The van der Waals surface area contributed by atoms with Crippen LogP contribution >= 0.6 is 15.9 Å². The zero-order valence-electron chi connectivity index (χ0n) is 15.8. The number of nitrogens with one attached hydrogen (secondary N) is 1. The lowest BCUT2D eigenvalue weighted by Crippen LogP contribution is -2.43. The zero-order valence-corrected chi connectivity index (χ0v) is 17.4. The lowest BCUT2D eigenvalue weighted by atomic mass is 10.1. The lowest BCUT2D eigenvalue weighted by molar-refractivity contribution is -0.123. The Bertz CT molecular complexity index is 1040. The molecule has 1 N–H and O–H groups in total. The summed E-state index contributed by atoms with van der Waals surface area (Å²) in [6, 6.07) is 10.7. The Kier molecular flexibility index (Phi) is 4.91. The Balaban J connectivity index is 1.49. The van der Waals surface area contributed by atoms with Crippen LogP contribution in [0.1, 0.15) is 11.1 Å². The second kappa shape index (κ2) is 7.40. The van der Waals surface area contributed by atoms with Gasteiger partial charge in [0.2, 0.25) is 5.91 Å². The fourth-order valence-electron chi connectivity index (χ4n) is 3.35. The van der Waals surface area contributed by atoms with Crippen molar-refractivity contribution >= 4 is 45.0 Å². The van der Waals surface area contributed by atoms with Gasteiger partial charge >= 0.3 is 0 Å². The van der Waals surface area contributed by atoms with Crippen LogP contribution in [0.15, 0.2) is 57.3 Å². The fourth-order valence-corrected chi connectivity index (χ4v) is 3.62. The van der Waals surface area contributed by atoms with E-state index in [1.165, 1.54) is 5.01 Å². The standard InChI is InChI=1S/C20H18BrN5O3/c1-11-3-8-15(9-12(11)2)26-19(28)17-18(20(26)29)25(24-23-17)10-16(27)22-14-6-4-13(21)5-7-14/h3-9,17-18H,10H2,1-2H3,(H,22,27)/t17-,18+/m0/s1. The van der Waals surface area contributed by atoms with Gasteiger partial charge in [0, 0.05) is 10.2 Å². The Morgan fingerprint density at radius 2 is 1.79 bits per heavy atom. The summed E-state index contributed by atoms with van der Waals surface area (Å²) < 4.78 is 0.896. The topological polar surface area (TPSA) is 94.4 Å². The van der Waals surface area contributed by atoms with Crippen LogP contribution in [0.25, 0.3) is 0 Å². The van der Waals surface area contributed by atoms with Crippen molar-refractivity contribution in [2.75, 3.05) is 16.8 Å². The smallest absolute Gasteiger partial charge is 0.263 e. The van der Waals surface area contributed by atoms with E-state index in [-0.39, 0.29) is 12.5 Å². The first-order valence-corrected chi connectivity index (χ1v) is 9.82. The molecule has 8 nitrogen and oxygen atoms in total. The summed E-state index contributed by atoms with van der Waals surface area (Å²) in [5.41, 5.74) is 3.18. The highest BCUT2D eigenvalue weighted by molar-refractivity contribution is 9.10. The van der Waals surface area contributed by atoms with Gasteiger partial charge in [0.25, 0.3) is 11.8 Å². The van der Waals surface area contributed by atoms with Gasteiger partial charge in [-0.1, -0.05) is 27.2 Å². The molecule has 3 amide bonds. The molecule has 2 aliphatic heterocycles. The van der Waals surface area contributed by atoms with E-state index < -0.39 is 23.9 Å². The second-order valence-corrected chi connectivity index (χ2v) is 7.94. The van der Waals surface area contributed by atoms with Crippen molar-refractivity contribution in [1.82, 2.24) is 5.01 Å². The van der Waals surface area contributed by atoms with Crippen LogP contribution in [0.4, 0.5) is 11.4 Å². The molecule has 2 atom stereocenters. The lowest BCUT2D eigenvalue weighted by Gasteiger charge is -2.20. The molecule has 0 bridgehead atoms. The number of carbonyl (C=O) groups excluding carboxylic acids is 3. The van der Waals surface area contributed by atoms with Gasteiger partial charge in [-0.25, -0.2) is 4.90 Å². The molecule has 0 spiro atoms. The van der Waals surface area contributed by atoms with Gasteiger partial charge in [0.15, 0.2) is 12.1 Å². The number of rotatable bonds is 4. The van der Waals surface area contributed by atoms with E-state index in [9.17, 15) is 14.4 Å². The van der Waals surface area contributed by atoms with Crippen LogP contribution < -0.4 is 10.2 Å². The second-order valence-electron chi connectivity index (χ2n) is 7.03. The summed E-state index contributed by atoms with van der Waals surface area (Å²) >= 11 is 3.34. The van der Waals surface area contributed by atoms with E-state index in [2.05, 4.69) is 31.6 Å². The molecule has 0 unspecified atom stereocenters. The van der Waals surface area contributed by atoms with Crippen molar-refractivity contribution in [3.63, 3.8) is 0 Å². The number of halogens is 1. The van der Waals surface area contributed by atoms with Gasteiger partial charge in [-0.3, -0.25) is 19.4 Å². The molecule has 0 saturated carbocycles. The first-order valence-electron chi connectivity index (χ1n) is 9.03. The van der Waals surface area contributed by atoms with E-state index in [0.29, 0.717) is 11.4 Å². The molecule has 1 fully saturated rings. The van der Waals surface area contributed by atoms with Gasteiger partial charge in [-0.15, -0.1) is 0 Å². The molecule has 0 radical (unpaired) electrons. The number of carbonyl (C=O) groups is 3. The average Bonchev–Trinajstić information content (AvgIpc) is 3.20. The molecule has 2 aliphatic rings. The third-order valence-electron chi connectivity index (χ3n) is 5.04. The summed E-state index contributed by atoms with van der Waals surface area (Å²) in [7, 11) is 0. The number of hydrogen-bond acceptors (Lipinski definition) is 6. The Morgan fingerprint density at radius 3 is 2.48 bits per heavy atom. The largest absolute Gasteiger partial charge is 0.324 e. The Morgan fingerprint density at radius 1 is 1.07 bits per heavy atom. The predicted octanol–water partition coefficient (Wildman–Crippen LogP) is 3.00. The van der Waals surface area contributed by atoms with Crippen LogP contribution in [0.3, 0.4) is 0 Å². The van der Waals surface area contributed by atoms with Crippen LogP contribution in [0, 0.1) is 13.8 Å². The molecular weight excluding hydrogens is 438 g/mol. The predicted molar refractivity (Wildman–Crippen MR) is 110 cm³/mol. The number of hydrogen-bond donors (Lipinski definition) is 1. The van der Waals surface area contributed by atoms with E-state index in [4.69, 9.17) is 0 Å². The van der Waals surface area contributed by atoms with E-state index in [0.717, 1.165) is 20.5 Å². The van der Waals surface area contributed by atoms with Crippen molar-refractivity contribution < 1.29 is 14.4 Å². The Hall–Kier alpha value is -3.07. The van der Waals surface area contributed by atoms with Gasteiger partial charge < -0.3 is 5.32 Å². The molecule has 9 heteroatoms. The quantitative estimate of drug-likeness (QED) is 0.716. The molecule has 148 valence electrons. The highest BCUT2D eigenvalue weighted by atomic mass is 79.9. The number of amides is 3. The normalized spacial score (nSPS) is 20.4. The number of nitrogens with zero attached hydrogens (tertiary/aromatic N) is 4. The van der Waals surface area contributed by atoms with Gasteiger partial charge in [-0.2, -0.15) is 5.11 Å². The Labute approximate surface area is 175 Å². The van der Waals surface area contributed by atoms with Crippen molar-refractivity contribution in [2.24, 2.45) is 10.3 Å². The number of anilines is 2. The third-order valence-corrected chi connectivity index (χ3v) is 5.57. The van der Waals surface area contributed by atoms with Crippen molar-refractivity contribution in [2.45, 2.75) is 25.9 Å². The number of benzene rings is 2. The van der Waals surface area contributed by atoms with Crippen molar-refractivity contribution in [3.8, 4) is 0 Å². The first kappa shape index (κ1) is 19.3. The summed E-state index contributed by atoms with van der Waals surface area (Å²) in [5.74, 6) is -1.20. The average molecular weight is 456 g/mol. The minimum atomic E-state index is -0.926. The van der Waals surface area contributed by atoms with Crippen LogP contribution in [-0.2, 0) is 14.4 Å². The molecular formula is C20H18BrN5O3. The third kappa shape index (κ3) is 3.53. The van der Waals surface area contributed by atoms with Gasteiger partial charge in [0.05, 0.1) is 5.69 Å². The highest BCUT2D eigenvalue weighted by Crippen LogP contribution is 2.32. The van der Waals surface area contributed by atoms with Crippen LogP contribution in [-0.4, -0.2) is 41.4 Å². The number of aryl methyl sites for hydroxylation is 2.